The van der Waals surface area contributed by atoms with E-state index in [1.807, 2.05) is 11.8 Å². The average Bonchev–Trinajstić information content (AvgIpc) is 2.87. The van der Waals surface area contributed by atoms with Crippen molar-refractivity contribution in [3.63, 3.8) is 0 Å². The maximum atomic E-state index is 12.1. The van der Waals surface area contributed by atoms with E-state index in [-0.39, 0.29) is 12.1 Å². The van der Waals surface area contributed by atoms with Crippen molar-refractivity contribution in [2.75, 3.05) is 6.54 Å². The lowest BCUT2D eigenvalue weighted by atomic mass is 10.1. The molecule has 2 heterocycles. The Morgan fingerprint density at radius 3 is 2.68 bits per heavy atom. The van der Waals surface area contributed by atoms with E-state index in [2.05, 4.69) is 37.4 Å². The van der Waals surface area contributed by atoms with Crippen molar-refractivity contribution in [1.29, 1.82) is 0 Å². The first-order valence-electron chi connectivity index (χ1n) is 7.06. The minimum Gasteiger partial charge on any atom is -0.326 e. The number of urea groups is 1. The molecule has 104 valence electrons. The summed E-state index contributed by atoms with van der Waals surface area (Å²) in [4.78, 5) is 16.6. The van der Waals surface area contributed by atoms with Crippen molar-refractivity contribution in [2.45, 2.75) is 46.1 Å². The molecule has 0 saturated carbocycles. The number of hydrogen-bond acceptors (Lipinski definition) is 2. The summed E-state index contributed by atoms with van der Waals surface area (Å²) < 4.78 is 0. The number of carbonyl (C=O) groups excluding carboxylic acids is 1. The molecule has 2 amide bonds. The van der Waals surface area contributed by atoms with E-state index in [9.17, 15) is 4.79 Å². The van der Waals surface area contributed by atoms with Crippen LogP contribution in [-0.2, 0) is 6.42 Å². The van der Waals surface area contributed by atoms with E-state index in [0.717, 1.165) is 31.5 Å². The molecule has 3 nitrogen and oxygen atoms in total. The van der Waals surface area contributed by atoms with Gasteiger partial charge in [0.1, 0.15) is 0 Å². The van der Waals surface area contributed by atoms with Crippen LogP contribution >= 0.6 is 11.3 Å². The second kappa shape index (κ2) is 6.24. The van der Waals surface area contributed by atoms with Crippen LogP contribution < -0.4 is 5.32 Å². The lowest BCUT2D eigenvalue weighted by Gasteiger charge is -2.32. The zero-order chi connectivity index (χ0) is 13.8. The largest absolute Gasteiger partial charge is 0.326 e. The van der Waals surface area contributed by atoms with E-state index in [1.54, 1.807) is 11.3 Å². The van der Waals surface area contributed by atoms with Gasteiger partial charge in [0.25, 0.3) is 0 Å². The first-order valence-corrected chi connectivity index (χ1v) is 7.88. The summed E-state index contributed by atoms with van der Waals surface area (Å²) in [7, 11) is 0. The van der Waals surface area contributed by atoms with Gasteiger partial charge in [-0.15, -0.1) is 11.3 Å². The summed E-state index contributed by atoms with van der Waals surface area (Å²) >= 11 is 1.79. The van der Waals surface area contributed by atoms with Crippen molar-refractivity contribution in [3.05, 3.63) is 33.7 Å². The molecule has 19 heavy (non-hydrogen) atoms. The molecule has 1 atom stereocenters. The lowest BCUT2D eigenvalue weighted by Crippen LogP contribution is -2.44. The molecule has 1 N–H and O–H groups in total. The van der Waals surface area contributed by atoms with Crippen LogP contribution in [0.3, 0.4) is 0 Å². The summed E-state index contributed by atoms with van der Waals surface area (Å²) in [6, 6.07) is 4.37. The predicted octanol–water partition coefficient (Wildman–Crippen LogP) is 4.08. The third-order valence-corrected chi connectivity index (χ3v) is 4.70. The SMILES string of the molecule is CCCC1=CC(c2ccc(CC)s2)NC(=O)N1CC. The smallest absolute Gasteiger partial charge is 0.322 e. The Labute approximate surface area is 119 Å². The maximum absolute atomic E-state index is 12.1. The first-order chi connectivity index (χ1) is 9.19. The van der Waals surface area contributed by atoms with E-state index in [0.29, 0.717) is 0 Å². The normalized spacial score (nSPS) is 19.3. The number of nitrogens with zero attached hydrogens (tertiary/aromatic N) is 1. The van der Waals surface area contributed by atoms with Crippen molar-refractivity contribution < 1.29 is 4.79 Å². The number of rotatable bonds is 5. The molecule has 1 aliphatic rings. The fourth-order valence-corrected chi connectivity index (χ4v) is 3.36. The molecule has 2 rings (SSSR count). The van der Waals surface area contributed by atoms with Crippen LogP contribution in [0.15, 0.2) is 23.9 Å². The van der Waals surface area contributed by atoms with Crippen molar-refractivity contribution in [2.24, 2.45) is 0 Å². The Morgan fingerprint density at radius 2 is 2.11 bits per heavy atom. The molecule has 1 aromatic rings. The van der Waals surface area contributed by atoms with Gasteiger partial charge in [-0.3, -0.25) is 4.90 Å². The molecule has 4 heteroatoms. The van der Waals surface area contributed by atoms with E-state index >= 15 is 0 Å². The van der Waals surface area contributed by atoms with Gasteiger partial charge < -0.3 is 5.32 Å². The minimum absolute atomic E-state index is 0.0323. The highest BCUT2D eigenvalue weighted by Gasteiger charge is 2.26. The summed E-state index contributed by atoms with van der Waals surface area (Å²) in [5.74, 6) is 0. The molecule has 0 radical (unpaired) electrons. The second-order valence-corrected chi connectivity index (χ2v) is 5.94. The third kappa shape index (κ3) is 3.00. The standard InChI is InChI=1S/C15H22N2OS/c1-4-7-11-10-13(16-15(18)17(11)6-3)14-9-8-12(5-2)19-14/h8-10,13H,4-7H2,1-3H3,(H,16,18). The van der Waals surface area contributed by atoms with Crippen molar-refractivity contribution >= 4 is 17.4 Å². The Balaban J connectivity index is 2.26. The molecule has 0 saturated heterocycles. The van der Waals surface area contributed by atoms with E-state index in [1.165, 1.54) is 9.75 Å². The summed E-state index contributed by atoms with van der Waals surface area (Å²) in [5, 5.41) is 3.08. The monoisotopic (exact) mass is 278 g/mol. The van der Waals surface area contributed by atoms with Gasteiger partial charge in [-0.1, -0.05) is 20.3 Å². The lowest BCUT2D eigenvalue weighted by molar-refractivity contribution is 0.204. The molecule has 1 aromatic heterocycles. The number of amides is 2. The van der Waals surface area contributed by atoms with Gasteiger partial charge in [0.2, 0.25) is 0 Å². The first kappa shape index (κ1) is 14.1. The fraction of sp³-hybridized carbons (Fsp3) is 0.533. The number of carbonyl (C=O) groups is 1. The Morgan fingerprint density at radius 1 is 1.32 bits per heavy atom. The molecule has 0 aromatic carbocycles. The van der Waals surface area contributed by atoms with Crippen LogP contribution in [0, 0.1) is 0 Å². The van der Waals surface area contributed by atoms with Crippen LogP contribution in [0.1, 0.15) is 49.4 Å². The minimum atomic E-state index is 0.0323. The molecular formula is C15H22N2OS. The molecule has 0 fully saturated rings. The predicted molar refractivity (Wildman–Crippen MR) is 80.3 cm³/mol. The van der Waals surface area contributed by atoms with Gasteiger partial charge in [-0.05, 0) is 38.0 Å². The summed E-state index contributed by atoms with van der Waals surface area (Å²) in [6.45, 7) is 7.06. The Kier molecular flexibility index (Phi) is 4.64. The van der Waals surface area contributed by atoms with Crippen LogP contribution in [0.4, 0.5) is 4.79 Å². The Bertz CT molecular complexity index is 478. The van der Waals surface area contributed by atoms with Gasteiger partial charge in [0.05, 0.1) is 6.04 Å². The highest BCUT2D eigenvalue weighted by Crippen LogP contribution is 2.30. The van der Waals surface area contributed by atoms with Crippen LogP contribution in [0.5, 0.6) is 0 Å². The number of thiophene rings is 1. The number of nitrogens with one attached hydrogen (secondary N) is 1. The zero-order valence-corrected chi connectivity index (χ0v) is 12.7. The van der Waals surface area contributed by atoms with Crippen LogP contribution in [-0.4, -0.2) is 17.5 Å². The molecule has 1 aliphatic heterocycles. The maximum Gasteiger partial charge on any atom is 0.322 e. The topological polar surface area (TPSA) is 32.3 Å². The number of hydrogen-bond donors (Lipinski definition) is 1. The van der Waals surface area contributed by atoms with Crippen LogP contribution in [0.2, 0.25) is 0 Å². The quantitative estimate of drug-likeness (QED) is 0.864. The molecule has 0 aliphatic carbocycles. The highest BCUT2D eigenvalue weighted by molar-refractivity contribution is 7.12. The molecule has 1 unspecified atom stereocenters. The van der Waals surface area contributed by atoms with Crippen LogP contribution in [0.25, 0.3) is 0 Å². The number of aryl methyl sites for hydroxylation is 1. The van der Waals surface area contributed by atoms with Gasteiger partial charge in [0.15, 0.2) is 0 Å². The average molecular weight is 278 g/mol. The summed E-state index contributed by atoms with van der Waals surface area (Å²) in [6.07, 6.45) is 5.29. The molecule has 0 bridgehead atoms. The third-order valence-electron chi connectivity index (χ3n) is 3.39. The summed E-state index contributed by atoms with van der Waals surface area (Å²) in [5.41, 5.74) is 1.16. The Hall–Kier alpha value is -1.29. The second-order valence-electron chi connectivity index (χ2n) is 4.74. The van der Waals surface area contributed by atoms with Crippen molar-refractivity contribution in [1.82, 2.24) is 10.2 Å². The van der Waals surface area contributed by atoms with Crippen molar-refractivity contribution in [3.8, 4) is 0 Å². The molecule has 0 spiro atoms. The molecular weight excluding hydrogens is 256 g/mol. The van der Waals surface area contributed by atoms with Gasteiger partial charge >= 0.3 is 6.03 Å². The van der Waals surface area contributed by atoms with E-state index in [4.69, 9.17) is 0 Å². The fourth-order valence-electron chi connectivity index (χ4n) is 2.39. The zero-order valence-electron chi connectivity index (χ0n) is 11.9. The number of allylic oxidation sites excluding steroid dienone is 1. The van der Waals surface area contributed by atoms with Gasteiger partial charge in [0, 0.05) is 22.0 Å². The van der Waals surface area contributed by atoms with Gasteiger partial charge in [-0.2, -0.15) is 0 Å². The highest BCUT2D eigenvalue weighted by atomic mass is 32.1. The van der Waals surface area contributed by atoms with Gasteiger partial charge in [-0.25, -0.2) is 4.79 Å². The van der Waals surface area contributed by atoms with E-state index < -0.39 is 0 Å².